The lowest BCUT2D eigenvalue weighted by Crippen LogP contribution is -2.16. The summed E-state index contributed by atoms with van der Waals surface area (Å²) in [7, 11) is 0. The molecule has 1 atom stereocenters. The summed E-state index contributed by atoms with van der Waals surface area (Å²) in [6.07, 6.45) is 0.922. The number of nitrogens with two attached hydrogens (primary N) is 1. The van der Waals surface area contributed by atoms with Gasteiger partial charge in [0, 0.05) is 11.6 Å². The van der Waals surface area contributed by atoms with Gasteiger partial charge in [-0.15, -0.1) is 0 Å². The van der Waals surface area contributed by atoms with Crippen LogP contribution in [0.2, 0.25) is 0 Å². The van der Waals surface area contributed by atoms with Crippen LogP contribution in [-0.2, 0) is 5.41 Å². The number of hydrogen-bond acceptors (Lipinski definition) is 2. The van der Waals surface area contributed by atoms with E-state index in [2.05, 4.69) is 59.7 Å². The van der Waals surface area contributed by atoms with Crippen molar-refractivity contribution >= 4 is 0 Å². The standard InChI is InChI=1S/C17H29NO/c1-7-15(18)14-10-13(17(4,5)6)8-9-16(14)19-11-12(2)3/h8-10,12,15H,7,11,18H2,1-6H3. The number of hydrogen-bond donors (Lipinski definition) is 1. The molecule has 1 rings (SSSR count). The second-order valence-corrected chi connectivity index (χ2v) is 6.72. The summed E-state index contributed by atoms with van der Waals surface area (Å²) in [6, 6.07) is 6.49. The van der Waals surface area contributed by atoms with Gasteiger partial charge in [0.2, 0.25) is 0 Å². The molecule has 1 unspecified atom stereocenters. The summed E-state index contributed by atoms with van der Waals surface area (Å²) >= 11 is 0. The first-order valence-electron chi connectivity index (χ1n) is 7.28. The molecule has 2 nitrogen and oxygen atoms in total. The summed E-state index contributed by atoms with van der Waals surface area (Å²) in [5.74, 6) is 1.46. The van der Waals surface area contributed by atoms with Crippen molar-refractivity contribution in [1.29, 1.82) is 0 Å². The molecule has 19 heavy (non-hydrogen) atoms. The van der Waals surface area contributed by atoms with E-state index in [1.54, 1.807) is 0 Å². The van der Waals surface area contributed by atoms with Gasteiger partial charge in [0.05, 0.1) is 6.61 Å². The maximum absolute atomic E-state index is 6.23. The zero-order chi connectivity index (χ0) is 14.6. The molecule has 2 heteroatoms. The van der Waals surface area contributed by atoms with Crippen molar-refractivity contribution in [3.63, 3.8) is 0 Å². The average molecular weight is 263 g/mol. The van der Waals surface area contributed by atoms with E-state index in [0.29, 0.717) is 5.92 Å². The monoisotopic (exact) mass is 263 g/mol. The van der Waals surface area contributed by atoms with Gasteiger partial charge in [-0.3, -0.25) is 0 Å². The van der Waals surface area contributed by atoms with Crippen LogP contribution in [0.4, 0.5) is 0 Å². The molecular weight excluding hydrogens is 234 g/mol. The molecule has 1 aromatic rings. The Balaban J connectivity index is 3.10. The molecule has 0 aliphatic carbocycles. The van der Waals surface area contributed by atoms with E-state index in [9.17, 15) is 0 Å². The highest BCUT2D eigenvalue weighted by molar-refractivity contribution is 5.41. The van der Waals surface area contributed by atoms with E-state index in [-0.39, 0.29) is 11.5 Å². The molecule has 0 heterocycles. The van der Waals surface area contributed by atoms with Crippen LogP contribution in [0.25, 0.3) is 0 Å². The molecule has 0 saturated carbocycles. The van der Waals surface area contributed by atoms with Gasteiger partial charge in [0.15, 0.2) is 0 Å². The predicted octanol–water partition coefficient (Wildman–Crippen LogP) is 4.43. The van der Waals surface area contributed by atoms with E-state index in [1.165, 1.54) is 5.56 Å². The van der Waals surface area contributed by atoms with Crippen LogP contribution in [0.15, 0.2) is 18.2 Å². The van der Waals surface area contributed by atoms with Crippen LogP contribution < -0.4 is 10.5 Å². The molecule has 0 aromatic heterocycles. The first-order chi connectivity index (χ1) is 8.75. The van der Waals surface area contributed by atoms with E-state index < -0.39 is 0 Å². The summed E-state index contributed by atoms with van der Waals surface area (Å²) < 4.78 is 5.91. The van der Waals surface area contributed by atoms with Gasteiger partial charge in [-0.1, -0.05) is 53.7 Å². The zero-order valence-electron chi connectivity index (χ0n) is 13.3. The molecule has 108 valence electrons. The Hall–Kier alpha value is -1.02. The summed E-state index contributed by atoms with van der Waals surface area (Å²) in [6.45, 7) is 13.8. The van der Waals surface area contributed by atoms with Crippen LogP contribution in [0.5, 0.6) is 5.75 Å². The second kappa shape index (κ2) is 6.42. The predicted molar refractivity (Wildman–Crippen MR) is 82.7 cm³/mol. The highest BCUT2D eigenvalue weighted by Crippen LogP contribution is 2.32. The lowest BCUT2D eigenvalue weighted by atomic mass is 9.85. The van der Waals surface area contributed by atoms with Crippen molar-refractivity contribution in [2.45, 2.75) is 59.4 Å². The van der Waals surface area contributed by atoms with Crippen molar-refractivity contribution in [3.05, 3.63) is 29.3 Å². The number of rotatable bonds is 5. The molecule has 0 amide bonds. The summed E-state index contributed by atoms with van der Waals surface area (Å²) in [4.78, 5) is 0. The molecule has 0 aliphatic rings. The minimum atomic E-state index is 0.0458. The Labute approximate surface area is 118 Å². The molecule has 0 fully saturated rings. The van der Waals surface area contributed by atoms with Gasteiger partial charge in [-0.2, -0.15) is 0 Å². The fourth-order valence-electron chi connectivity index (χ4n) is 1.91. The molecule has 0 bridgehead atoms. The third kappa shape index (κ3) is 4.54. The van der Waals surface area contributed by atoms with Crippen LogP contribution in [0, 0.1) is 5.92 Å². The van der Waals surface area contributed by atoms with Crippen LogP contribution in [-0.4, -0.2) is 6.61 Å². The maximum atomic E-state index is 6.23. The molecule has 0 spiro atoms. The fourth-order valence-corrected chi connectivity index (χ4v) is 1.91. The van der Waals surface area contributed by atoms with Gasteiger partial charge >= 0.3 is 0 Å². The normalized spacial score (nSPS) is 13.7. The minimum absolute atomic E-state index is 0.0458. The van der Waals surface area contributed by atoms with E-state index in [1.807, 2.05) is 0 Å². The first kappa shape index (κ1) is 16.0. The Morgan fingerprint density at radius 2 is 1.84 bits per heavy atom. The summed E-state index contributed by atoms with van der Waals surface area (Å²) in [5, 5.41) is 0. The molecular formula is C17H29NO. The fraction of sp³-hybridized carbons (Fsp3) is 0.647. The lowest BCUT2D eigenvalue weighted by molar-refractivity contribution is 0.267. The number of benzene rings is 1. The van der Waals surface area contributed by atoms with Crippen molar-refractivity contribution in [3.8, 4) is 5.75 Å². The van der Waals surface area contributed by atoms with Crippen molar-refractivity contribution in [2.24, 2.45) is 11.7 Å². The lowest BCUT2D eigenvalue weighted by Gasteiger charge is -2.23. The van der Waals surface area contributed by atoms with E-state index in [0.717, 1.165) is 24.3 Å². The van der Waals surface area contributed by atoms with E-state index >= 15 is 0 Å². The quantitative estimate of drug-likeness (QED) is 0.853. The SMILES string of the molecule is CCC(N)c1cc(C(C)(C)C)ccc1OCC(C)C. The Morgan fingerprint density at radius 1 is 1.21 bits per heavy atom. The van der Waals surface area contributed by atoms with Gasteiger partial charge in [0.1, 0.15) is 5.75 Å². The summed E-state index contributed by atoms with van der Waals surface area (Å²) in [5.41, 5.74) is 8.81. The highest BCUT2D eigenvalue weighted by Gasteiger charge is 2.18. The second-order valence-electron chi connectivity index (χ2n) is 6.72. The van der Waals surface area contributed by atoms with Crippen LogP contribution in [0.3, 0.4) is 0 Å². The van der Waals surface area contributed by atoms with Gasteiger partial charge in [-0.25, -0.2) is 0 Å². The zero-order valence-corrected chi connectivity index (χ0v) is 13.3. The van der Waals surface area contributed by atoms with Crippen LogP contribution in [0.1, 0.15) is 65.1 Å². The minimum Gasteiger partial charge on any atom is -0.493 e. The molecule has 0 saturated heterocycles. The van der Waals surface area contributed by atoms with E-state index in [4.69, 9.17) is 10.5 Å². The Morgan fingerprint density at radius 3 is 2.32 bits per heavy atom. The molecule has 0 aliphatic heterocycles. The van der Waals surface area contributed by atoms with Gasteiger partial charge < -0.3 is 10.5 Å². The largest absolute Gasteiger partial charge is 0.493 e. The molecule has 2 N–H and O–H groups in total. The maximum Gasteiger partial charge on any atom is 0.124 e. The average Bonchev–Trinajstić information content (AvgIpc) is 2.34. The number of ether oxygens (including phenoxy) is 1. The van der Waals surface area contributed by atoms with Crippen molar-refractivity contribution < 1.29 is 4.74 Å². The third-order valence-corrected chi connectivity index (χ3v) is 3.29. The van der Waals surface area contributed by atoms with Crippen molar-refractivity contribution in [2.75, 3.05) is 6.61 Å². The Bertz CT molecular complexity index is 404. The van der Waals surface area contributed by atoms with Crippen molar-refractivity contribution in [1.82, 2.24) is 0 Å². The van der Waals surface area contributed by atoms with Gasteiger partial charge in [0.25, 0.3) is 0 Å². The topological polar surface area (TPSA) is 35.2 Å². The van der Waals surface area contributed by atoms with Gasteiger partial charge in [-0.05, 0) is 29.4 Å². The molecule has 1 aromatic carbocycles. The Kier molecular flexibility index (Phi) is 5.42. The highest BCUT2D eigenvalue weighted by atomic mass is 16.5. The van der Waals surface area contributed by atoms with Crippen LogP contribution >= 0.6 is 0 Å². The smallest absolute Gasteiger partial charge is 0.124 e. The third-order valence-electron chi connectivity index (χ3n) is 3.29. The molecule has 0 radical (unpaired) electrons. The first-order valence-corrected chi connectivity index (χ1v) is 7.28.